The van der Waals surface area contributed by atoms with E-state index in [-0.39, 0.29) is 5.91 Å². The van der Waals surface area contributed by atoms with Gasteiger partial charge in [-0.05, 0) is 55.7 Å². The first-order valence-corrected chi connectivity index (χ1v) is 9.08. The maximum atomic E-state index is 12.3. The minimum absolute atomic E-state index is 0.192. The minimum Gasteiger partial charge on any atom is -0.497 e. The second-order valence-electron chi connectivity index (χ2n) is 6.28. The van der Waals surface area contributed by atoms with E-state index in [0.29, 0.717) is 28.0 Å². The van der Waals surface area contributed by atoms with Crippen molar-refractivity contribution in [3.63, 3.8) is 0 Å². The minimum atomic E-state index is -0.454. The Labute approximate surface area is 154 Å². The van der Waals surface area contributed by atoms with E-state index in [4.69, 9.17) is 15.0 Å². The van der Waals surface area contributed by atoms with E-state index in [1.165, 1.54) is 11.3 Å². The molecule has 3 aromatic rings. The number of rotatable bonds is 5. The first-order chi connectivity index (χ1) is 12.6. The summed E-state index contributed by atoms with van der Waals surface area (Å²) in [6.07, 6.45) is 2.83. The topological polar surface area (TPSA) is 103 Å². The molecule has 1 aliphatic rings. The molecule has 0 aliphatic heterocycles. The van der Waals surface area contributed by atoms with Gasteiger partial charge in [0.1, 0.15) is 5.75 Å². The zero-order valence-corrected chi connectivity index (χ0v) is 15.0. The lowest BCUT2D eigenvalue weighted by Gasteiger charge is -2.34. The fourth-order valence-corrected chi connectivity index (χ4v) is 3.58. The number of nitrogens with two attached hydrogens (primary N) is 1. The number of amides is 1. The molecule has 8 heteroatoms. The molecular formula is C18H18N4O3S. The van der Waals surface area contributed by atoms with Crippen molar-refractivity contribution in [1.29, 1.82) is 0 Å². The normalized spacial score (nSPS) is 15.3. The fraction of sp³-hybridized carbons (Fsp3) is 0.278. The summed E-state index contributed by atoms with van der Waals surface area (Å²) >= 11 is 1.37. The average molecular weight is 370 g/mol. The summed E-state index contributed by atoms with van der Waals surface area (Å²) in [5.41, 5.74) is 6.32. The summed E-state index contributed by atoms with van der Waals surface area (Å²) in [5.74, 6) is 1.49. The quantitative estimate of drug-likeness (QED) is 0.713. The van der Waals surface area contributed by atoms with E-state index in [0.717, 1.165) is 24.1 Å². The molecule has 26 heavy (non-hydrogen) atoms. The fourth-order valence-electron chi connectivity index (χ4n) is 2.75. The predicted octanol–water partition coefficient (Wildman–Crippen LogP) is 3.40. The Kier molecular flexibility index (Phi) is 4.21. The van der Waals surface area contributed by atoms with Crippen molar-refractivity contribution in [2.45, 2.75) is 24.8 Å². The van der Waals surface area contributed by atoms with Gasteiger partial charge in [-0.25, -0.2) is 0 Å². The summed E-state index contributed by atoms with van der Waals surface area (Å²) in [5, 5.41) is 7.59. The molecule has 1 fully saturated rings. The highest BCUT2D eigenvalue weighted by Gasteiger charge is 2.39. The van der Waals surface area contributed by atoms with Gasteiger partial charge in [0, 0.05) is 5.56 Å². The molecule has 3 N–H and O–H groups in total. The Bertz CT molecular complexity index is 928. The molecule has 0 saturated heterocycles. The van der Waals surface area contributed by atoms with E-state index in [1.54, 1.807) is 31.4 Å². The third-order valence-electron chi connectivity index (χ3n) is 4.52. The van der Waals surface area contributed by atoms with E-state index in [9.17, 15) is 4.79 Å². The van der Waals surface area contributed by atoms with Gasteiger partial charge >= 0.3 is 0 Å². The van der Waals surface area contributed by atoms with Crippen LogP contribution in [-0.4, -0.2) is 23.2 Å². The number of methoxy groups -OCH3 is 1. The van der Waals surface area contributed by atoms with Crippen LogP contribution in [0.5, 0.6) is 5.75 Å². The van der Waals surface area contributed by atoms with Crippen LogP contribution >= 0.6 is 11.3 Å². The second kappa shape index (κ2) is 6.54. The number of nitrogens with one attached hydrogen (secondary N) is 1. The maximum Gasteiger partial charge on any atom is 0.268 e. The SMILES string of the molecule is COc1ccc(C(=O)Nc2ccc(-c3nc(C4(N)CCC4)no3)s2)cc1. The predicted molar refractivity (Wildman–Crippen MR) is 98.3 cm³/mol. The molecule has 1 aromatic carbocycles. The smallest absolute Gasteiger partial charge is 0.268 e. The van der Waals surface area contributed by atoms with Gasteiger partial charge < -0.3 is 20.3 Å². The highest BCUT2D eigenvalue weighted by atomic mass is 32.1. The molecule has 0 radical (unpaired) electrons. The Morgan fingerprint density at radius 1 is 1.27 bits per heavy atom. The van der Waals surface area contributed by atoms with Crippen molar-refractivity contribution in [3.05, 3.63) is 47.8 Å². The van der Waals surface area contributed by atoms with Gasteiger partial charge in [-0.1, -0.05) is 5.16 Å². The monoisotopic (exact) mass is 370 g/mol. The third kappa shape index (κ3) is 3.09. The van der Waals surface area contributed by atoms with Crippen LogP contribution in [0.4, 0.5) is 5.00 Å². The van der Waals surface area contributed by atoms with E-state index in [2.05, 4.69) is 15.5 Å². The molecular weight excluding hydrogens is 352 g/mol. The Morgan fingerprint density at radius 3 is 2.69 bits per heavy atom. The number of anilines is 1. The second-order valence-corrected chi connectivity index (χ2v) is 7.36. The van der Waals surface area contributed by atoms with Crippen molar-refractivity contribution in [3.8, 4) is 16.5 Å². The molecule has 0 unspecified atom stereocenters. The van der Waals surface area contributed by atoms with Crippen LogP contribution in [0.2, 0.25) is 0 Å². The lowest BCUT2D eigenvalue weighted by atomic mass is 9.77. The first kappa shape index (κ1) is 16.7. The number of carbonyl (C=O) groups excluding carboxylic acids is 1. The molecule has 134 valence electrons. The molecule has 1 aliphatic carbocycles. The summed E-state index contributed by atoms with van der Waals surface area (Å²) in [6.45, 7) is 0. The zero-order chi connectivity index (χ0) is 18.1. The lowest BCUT2D eigenvalue weighted by Crippen LogP contribution is -2.44. The number of thiophene rings is 1. The van der Waals surface area contributed by atoms with Gasteiger partial charge in [0.2, 0.25) is 0 Å². The molecule has 4 rings (SSSR count). The number of hydrogen-bond donors (Lipinski definition) is 2. The number of aromatic nitrogens is 2. The third-order valence-corrected chi connectivity index (χ3v) is 5.51. The van der Waals surface area contributed by atoms with Gasteiger partial charge in [-0.15, -0.1) is 11.3 Å². The summed E-state index contributed by atoms with van der Waals surface area (Å²) in [7, 11) is 1.59. The van der Waals surface area contributed by atoms with Crippen molar-refractivity contribution >= 4 is 22.2 Å². The van der Waals surface area contributed by atoms with Gasteiger partial charge in [-0.3, -0.25) is 4.79 Å². The largest absolute Gasteiger partial charge is 0.497 e. The van der Waals surface area contributed by atoms with Crippen LogP contribution in [0.3, 0.4) is 0 Å². The molecule has 7 nitrogen and oxygen atoms in total. The van der Waals surface area contributed by atoms with Crippen molar-refractivity contribution < 1.29 is 14.1 Å². The summed E-state index contributed by atoms with van der Waals surface area (Å²) in [4.78, 5) is 17.5. The Balaban J connectivity index is 1.46. The summed E-state index contributed by atoms with van der Waals surface area (Å²) < 4.78 is 10.4. The van der Waals surface area contributed by atoms with E-state index >= 15 is 0 Å². The van der Waals surface area contributed by atoms with Crippen LogP contribution in [-0.2, 0) is 5.54 Å². The molecule has 1 saturated carbocycles. The standard InChI is InChI=1S/C18H18N4O3S/c1-24-12-5-3-11(4-6-12)15(23)20-14-8-7-13(26-14)16-21-17(22-25-16)18(19)9-2-10-18/h3-8H,2,9-10,19H2,1H3,(H,20,23). The van der Waals surface area contributed by atoms with E-state index < -0.39 is 5.54 Å². The van der Waals surface area contributed by atoms with Crippen LogP contribution in [0.15, 0.2) is 40.9 Å². The number of carbonyl (C=O) groups is 1. The van der Waals surface area contributed by atoms with Crippen LogP contribution in [0, 0.1) is 0 Å². The molecule has 2 aromatic heterocycles. The van der Waals surface area contributed by atoms with Crippen LogP contribution in [0.1, 0.15) is 35.4 Å². The van der Waals surface area contributed by atoms with Crippen LogP contribution < -0.4 is 15.8 Å². The van der Waals surface area contributed by atoms with Gasteiger partial charge in [-0.2, -0.15) is 4.98 Å². The highest BCUT2D eigenvalue weighted by Crippen LogP contribution is 2.38. The van der Waals surface area contributed by atoms with Gasteiger partial charge in [0.25, 0.3) is 11.8 Å². The zero-order valence-electron chi connectivity index (χ0n) is 14.2. The molecule has 2 heterocycles. The molecule has 1 amide bonds. The number of nitrogens with zero attached hydrogens (tertiary/aromatic N) is 2. The van der Waals surface area contributed by atoms with Gasteiger partial charge in [0.05, 0.1) is 22.5 Å². The number of benzene rings is 1. The van der Waals surface area contributed by atoms with Crippen LogP contribution in [0.25, 0.3) is 10.8 Å². The molecule has 0 spiro atoms. The lowest BCUT2D eigenvalue weighted by molar-refractivity contribution is 0.102. The van der Waals surface area contributed by atoms with Crippen molar-refractivity contribution in [2.24, 2.45) is 5.73 Å². The Hall–Kier alpha value is -2.71. The molecule has 0 bridgehead atoms. The van der Waals surface area contributed by atoms with Crippen molar-refractivity contribution in [2.75, 3.05) is 12.4 Å². The highest BCUT2D eigenvalue weighted by molar-refractivity contribution is 7.19. The van der Waals surface area contributed by atoms with Gasteiger partial charge in [0.15, 0.2) is 5.82 Å². The first-order valence-electron chi connectivity index (χ1n) is 8.26. The molecule has 0 atom stereocenters. The number of ether oxygens (including phenoxy) is 1. The summed E-state index contributed by atoms with van der Waals surface area (Å²) in [6, 6.07) is 10.6. The number of hydrogen-bond acceptors (Lipinski definition) is 7. The average Bonchev–Trinajstić information content (AvgIpc) is 3.29. The van der Waals surface area contributed by atoms with E-state index in [1.807, 2.05) is 12.1 Å². The maximum absolute atomic E-state index is 12.3. The Morgan fingerprint density at radius 2 is 2.04 bits per heavy atom. The van der Waals surface area contributed by atoms with Crippen molar-refractivity contribution in [1.82, 2.24) is 10.1 Å².